The Bertz CT molecular complexity index is 437. The first-order chi connectivity index (χ1) is 8.79. The maximum Gasteiger partial charge on any atom is 0.405 e. The smallest absolute Gasteiger partial charge is 0.346 e. The zero-order valence-electron chi connectivity index (χ0n) is 10.2. The van der Waals surface area contributed by atoms with E-state index in [-0.39, 0.29) is 0 Å². The summed E-state index contributed by atoms with van der Waals surface area (Å²) in [5.41, 5.74) is 0.777. The highest BCUT2D eigenvalue weighted by atomic mass is 35.5. The minimum Gasteiger partial charge on any atom is -0.346 e. The maximum atomic E-state index is 11.9. The summed E-state index contributed by atoms with van der Waals surface area (Å²) in [4.78, 5) is 11.4. The second-order valence-corrected chi connectivity index (χ2v) is 4.43. The highest BCUT2D eigenvalue weighted by Gasteiger charge is 2.28. The topological polar surface area (TPSA) is 41.1 Å². The van der Waals surface area contributed by atoms with Crippen LogP contribution in [0.2, 0.25) is 5.02 Å². The van der Waals surface area contributed by atoms with E-state index in [0.29, 0.717) is 11.6 Å². The fourth-order valence-corrected chi connectivity index (χ4v) is 1.54. The molecule has 0 aliphatic heterocycles. The summed E-state index contributed by atoms with van der Waals surface area (Å²) in [5.74, 6) is -0.704. The Kier molecular flexibility index (Phi) is 5.62. The number of nitrogens with one attached hydrogen (secondary N) is 2. The number of amides is 1. The van der Waals surface area contributed by atoms with Gasteiger partial charge in [-0.25, -0.2) is 0 Å². The van der Waals surface area contributed by atoms with Crippen LogP contribution in [0, 0.1) is 0 Å². The zero-order valence-corrected chi connectivity index (χ0v) is 11.0. The molecule has 0 heterocycles. The molecule has 0 spiro atoms. The molecule has 1 amide bonds. The van der Waals surface area contributed by atoms with Crippen LogP contribution in [-0.2, 0) is 11.3 Å². The first-order valence-corrected chi connectivity index (χ1v) is 5.98. The molecule has 0 radical (unpaired) electrons. The molecule has 0 aromatic heterocycles. The molecule has 1 aromatic rings. The molecule has 0 fully saturated rings. The summed E-state index contributed by atoms with van der Waals surface area (Å²) in [6.45, 7) is 0.465. The number of benzene rings is 1. The zero-order chi connectivity index (χ0) is 14.5. The Hall–Kier alpha value is -1.27. The van der Waals surface area contributed by atoms with Crippen LogP contribution >= 0.6 is 11.6 Å². The number of hydrogen-bond donors (Lipinski definition) is 2. The highest BCUT2D eigenvalue weighted by molar-refractivity contribution is 6.31. The second kappa shape index (κ2) is 6.77. The molecule has 1 unspecified atom stereocenters. The molecule has 2 N–H and O–H groups in total. The van der Waals surface area contributed by atoms with E-state index in [0.717, 1.165) is 5.56 Å². The SMILES string of the molecule is CC(NCc1ccccc1Cl)C(=O)NCC(F)(F)F. The van der Waals surface area contributed by atoms with Crippen LogP contribution in [0.3, 0.4) is 0 Å². The van der Waals surface area contributed by atoms with Crippen molar-refractivity contribution in [2.24, 2.45) is 0 Å². The Morgan fingerprint density at radius 3 is 2.58 bits per heavy atom. The normalized spacial score (nSPS) is 13.1. The molecule has 1 rings (SSSR count). The summed E-state index contributed by atoms with van der Waals surface area (Å²) in [7, 11) is 0. The van der Waals surface area contributed by atoms with Crippen molar-refractivity contribution in [3.8, 4) is 0 Å². The van der Waals surface area contributed by atoms with Gasteiger partial charge in [0.1, 0.15) is 6.54 Å². The predicted octanol–water partition coefficient (Wildman–Crippen LogP) is 2.50. The average molecular weight is 295 g/mol. The molecule has 7 heteroatoms. The van der Waals surface area contributed by atoms with E-state index in [2.05, 4.69) is 5.32 Å². The number of rotatable bonds is 5. The second-order valence-electron chi connectivity index (χ2n) is 4.03. The van der Waals surface area contributed by atoms with Gasteiger partial charge in [-0.3, -0.25) is 4.79 Å². The van der Waals surface area contributed by atoms with Crippen molar-refractivity contribution < 1.29 is 18.0 Å². The van der Waals surface area contributed by atoms with Gasteiger partial charge in [-0.15, -0.1) is 0 Å². The molecular weight excluding hydrogens is 281 g/mol. The maximum absolute atomic E-state index is 11.9. The summed E-state index contributed by atoms with van der Waals surface area (Å²) < 4.78 is 35.8. The monoisotopic (exact) mass is 294 g/mol. The molecule has 1 aromatic carbocycles. The summed E-state index contributed by atoms with van der Waals surface area (Å²) >= 11 is 5.92. The van der Waals surface area contributed by atoms with Gasteiger partial charge in [0.2, 0.25) is 5.91 Å². The Morgan fingerprint density at radius 1 is 1.37 bits per heavy atom. The molecular formula is C12H14ClF3N2O. The van der Waals surface area contributed by atoms with Crippen molar-refractivity contribution in [2.45, 2.75) is 25.7 Å². The average Bonchev–Trinajstić information content (AvgIpc) is 2.33. The number of alkyl halides is 3. The van der Waals surface area contributed by atoms with Gasteiger partial charge in [0.05, 0.1) is 6.04 Å². The van der Waals surface area contributed by atoms with Gasteiger partial charge < -0.3 is 10.6 Å². The van der Waals surface area contributed by atoms with Gasteiger partial charge in [-0.2, -0.15) is 13.2 Å². The fourth-order valence-electron chi connectivity index (χ4n) is 1.34. The van der Waals surface area contributed by atoms with Crippen LogP contribution in [0.5, 0.6) is 0 Å². The van der Waals surface area contributed by atoms with E-state index >= 15 is 0 Å². The number of hydrogen-bond acceptors (Lipinski definition) is 2. The Morgan fingerprint density at radius 2 is 2.00 bits per heavy atom. The molecule has 0 saturated carbocycles. The molecule has 0 bridgehead atoms. The van der Waals surface area contributed by atoms with Gasteiger partial charge in [-0.05, 0) is 18.6 Å². The minimum atomic E-state index is -4.40. The third-order valence-corrected chi connectivity index (χ3v) is 2.78. The predicted molar refractivity (Wildman–Crippen MR) is 66.8 cm³/mol. The highest BCUT2D eigenvalue weighted by Crippen LogP contribution is 2.14. The van der Waals surface area contributed by atoms with Crippen LogP contribution in [0.4, 0.5) is 13.2 Å². The summed E-state index contributed by atoms with van der Waals surface area (Å²) in [6.07, 6.45) is -4.40. The van der Waals surface area contributed by atoms with Gasteiger partial charge in [0.25, 0.3) is 0 Å². The largest absolute Gasteiger partial charge is 0.405 e. The third-order valence-electron chi connectivity index (χ3n) is 2.41. The van der Waals surface area contributed by atoms with E-state index < -0.39 is 24.7 Å². The van der Waals surface area contributed by atoms with Crippen molar-refractivity contribution in [2.75, 3.05) is 6.54 Å². The van der Waals surface area contributed by atoms with Crippen LogP contribution < -0.4 is 10.6 Å². The van der Waals surface area contributed by atoms with Crippen molar-refractivity contribution in [1.82, 2.24) is 10.6 Å². The first kappa shape index (κ1) is 15.8. The van der Waals surface area contributed by atoms with Crippen LogP contribution in [0.15, 0.2) is 24.3 Å². The third kappa shape index (κ3) is 5.94. The summed E-state index contributed by atoms with van der Waals surface area (Å²) in [6, 6.07) is 6.30. The standard InChI is InChI=1S/C12H14ClF3N2O/c1-8(11(19)18-7-12(14,15)16)17-6-9-4-2-3-5-10(9)13/h2-5,8,17H,6-7H2,1H3,(H,18,19). The quantitative estimate of drug-likeness (QED) is 0.876. The van der Waals surface area contributed by atoms with Crippen molar-refractivity contribution >= 4 is 17.5 Å². The minimum absolute atomic E-state index is 0.306. The number of halogens is 4. The summed E-state index contributed by atoms with van der Waals surface area (Å²) in [5, 5.41) is 5.17. The molecule has 0 saturated heterocycles. The van der Waals surface area contributed by atoms with E-state index in [4.69, 9.17) is 11.6 Å². The fraction of sp³-hybridized carbons (Fsp3) is 0.417. The first-order valence-electron chi connectivity index (χ1n) is 5.61. The van der Waals surface area contributed by atoms with Crippen molar-refractivity contribution in [3.63, 3.8) is 0 Å². The van der Waals surface area contributed by atoms with E-state index in [1.165, 1.54) is 6.92 Å². The van der Waals surface area contributed by atoms with Crippen molar-refractivity contribution in [3.05, 3.63) is 34.9 Å². The molecule has 106 valence electrons. The van der Waals surface area contributed by atoms with E-state index in [1.54, 1.807) is 24.3 Å². The van der Waals surface area contributed by atoms with Crippen molar-refractivity contribution in [1.29, 1.82) is 0 Å². The van der Waals surface area contributed by atoms with Gasteiger partial charge in [0, 0.05) is 11.6 Å². The molecule has 0 aliphatic rings. The molecule has 0 aliphatic carbocycles. The van der Waals surface area contributed by atoms with Crippen LogP contribution in [-0.4, -0.2) is 24.7 Å². The van der Waals surface area contributed by atoms with Gasteiger partial charge in [-0.1, -0.05) is 29.8 Å². The lowest BCUT2D eigenvalue weighted by molar-refractivity contribution is -0.139. The lowest BCUT2D eigenvalue weighted by atomic mass is 10.2. The molecule has 1 atom stereocenters. The van der Waals surface area contributed by atoms with Gasteiger partial charge >= 0.3 is 6.18 Å². The van der Waals surface area contributed by atoms with Crippen LogP contribution in [0.25, 0.3) is 0 Å². The lowest BCUT2D eigenvalue weighted by Gasteiger charge is -2.15. The van der Waals surface area contributed by atoms with Crippen LogP contribution in [0.1, 0.15) is 12.5 Å². The molecule has 19 heavy (non-hydrogen) atoms. The van der Waals surface area contributed by atoms with E-state index in [9.17, 15) is 18.0 Å². The van der Waals surface area contributed by atoms with Gasteiger partial charge in [0.15, 0.2) is 0 Å². The number of carbonyl (C=O) groups excluding carboxylic acids is 1. The lowest BCUT2D eigenvalue weighted by Crippen LogP contribution is -2.45. The number of carbonyl (C=O) groups is 1. The van der Waals surface area contributed by atoms with E-state index in [1.807, 2.05) is 5.32 Å². The Balaban J connectivity index is 2.41. The molecule has 3 nitrogen and oxygen atoms in total. The Labute approximate surface area is 114 Å².